The molecule has 6 nitrogen and oxygen atoms in total. The first-order chi connectivity index (χ1) is 12.2. The molecule has 1 aromatic carbocycles. The Labute approximate surface area is 176 Å². The zero-order valence-corrected chi connectivity index (χ0v) is 18.8. The summed E-state index contributed by atoms with van der Waals surface area (Å²) in [5.74, 6) is 2.13. The van der Waals surface area contributed by atoms with E-state index in [1.54, 1.807) is 18.4 Å². The van der Waals surface area contributed by atoms with Crippen LogP contribution in [0.25, 0.3) is 0 Å². The number of nitrogens with zero attached hydrogens (tertiary/aromatic N) is 2. The first-order valence-corrected chi connectivity index (χ1v) is 9.31. The van der Waals surface area contributed by atoms with E-state index in [0.717, 1.165) is 23.7 Å². The monoisotopic (exact) mass is 490 g/mol. The molecular formula is C18H27IN4O2S. The second-order valence-corrected chi connectivity index (χ2v) is 6.39. The Morgan fingerprint density at radius 2 is 2.04 bits per heavy atom. The molecule has 1 aromatic heterocycles. The Morgan fingerprint density at radius 1 is 1.23 bits per heavy atom. The van der Waals surface area contributed by atoms with Gasteiger partial charge in [0.15, 0.2) is 17.5 Å². The van der Waals surface area contributed by atoms with Crippen molar-refractivity contribution in [2.45, 2.75) is 33.7 Å². The van der Waals surface area contributed by atoms with Crippen LogP contribution in [0.15, 0.2) is 29.4 Å². The van der Waals surface area contributed by atoms with Gasteiger partial charge in [0, 0.05) is 29.4 Å². The van der Waals surface area contributed by atoms with Crippen molar-refractivity contribution in [3.63, 3.8) is 0 Å². The maximum atomic E-state index is 5.62. The van der Waals surface area contributed by atoms with Gasteiger partial charge in [0.2, 0.25) is 0 Å². The molecule has 1 heterocycles. The second-order valence-electron chi connectivity index (χ2n) is 5.19. The third-order valence-electron chi connectivity index (χ3n) is 3.39. The number of anilines is 1. The molecule has 0 aliphatic rings. The highest BCUT2D eigenvalue weighted by Crippen LogP contribution is 2.30. The number of methoxy groups -OCH3 is 1. The number of aliphatic imine (C=N–C) groups is 1. The number of rotatable bonds is 8. The summed E-state index contributed by atoms with van der Waals surface area (Å²) in [5.41, 5.74) is 0.886. The third-order valence-corrected chi connectivity index (χ3v) is 4.52. The van der Waals surface area contributed by atoms with E-state index in [9.17, 15) is 0 Å². The van der Waals surface area contributed by atoms with E-state index >= 15 is 0 Å². The van der Waals surface area contributed by atoms with Crippen LogP contribution in [-0.4, -0.2) is 31.2 Å². The molecule has 0 spiro atoms. The van der Waals surface area contributed by atoms with Crippen molar-refractivity contribution in [3.05, 3.63) is 34.3 Å². The van der Waals surface area contributed by atoms with E-state index in [1.165, 1.54) is 4.88 Å². The molecule has 0 bridgehead atoms. The maximum Gasteiger partial charge on any atom is 0.196 e. The van der Waals surface area contributed by atoms with Crippen molar-refractivity contribution in [1.82, 2.24) is 10.3 Å². The highest BCUT2D eigenvalue weighted by Gasteiger charge is 2.07. The zero-order valence-electron chi connectivity index (χ0n) is 15.7. The minimum atomic E-state index is 0. The molecule has 0 amide bonds. The average Bonchev–Trinajstić information content (AvgIpc) is 3.08. The lowest BCUT2D eigenvalue weighted by Gasteiger charge is -2.14. The summed E-state index contributed by atoms with van der Waals surface area (Å²) >= 11 is 1.70. The van der Waals surface area contributed by atoms with Crippen LogP contribution in [0, 0.1) is 0 Å². The minimum Gasteiger partial charge on any atom is -0.493 e. The molecule has 0 radical (unpaired) electrons. The van der Waals surface area contributed by atoms with Gasteiger partial charge in [-0.2, -0.15) is 0 Å². The number of hydrogen-bond acceptors (Lipinski definition) is 5. The highest BCUT2D eigenvalue weighted by atomic mass is 127. The van der Waals surface area contributed by atoms with Crippen LogP contribution >= 0.6 is 35.3 Å². The van der Waals surface area contributed by atoms with Gasteiger partial charge in [-0.05, 0) is 32.4 Å². The molecule has 0 unspecified atom stereocenters. The molecule has 0 saturated heterocycles. The van der Waals surface area contributed by atoms with E-state index in [-0.39, 0.29) is 24.0 Å². The number of benzene rings is 1. The SMILES string of the molecule is CCNC(=NCc1ncc(CC)s1)Nc1ccc(OC)c(OCC)c1.I. The summed E-state index contributed by atoms with van der Waals surface area (Å²) in [6, 6.07) is 5.73. The lowest BCUT2D eigenvalue weighted by molar-refractivity contribution is 0.311. The predicted octanol–water partition coefficient (Wildman–Crippen LogP) is 4.31. The van der Waals surface area contributed by atoms with Gasteiger partial charge in [-0.1, -0.05) is 6.92 Å². The largest absolute Gasteiger partial charge is 0.493 e. The summed E-state index contributed by atoms with van der Waals surface area (Å²) in [4.78, 5) is 10.3. The number of guanidine groups is 1. The summed E-state index contributed by atoms with van der Waals surface area (Å²) in [6.45, 7) is 8.02. The fraction of sp³-hybridized carbons (Fsp3) is 0.444. The molecule has 0 saturated carbocycles. The summed E-state index contributed by atoms with van der Waals surface area (Å²) in [6.07, 6.45) is 2.93. The van der Waals surface area contributed by atoms with Gasteiger partial charge in [0.1, 0.15) is 5.01 Å². The molecule has 2 aromatic rings. The van der Waals surface area contributed by atoms with E-state index in [2.05, 4.69) is 27.5 Å². The van der Waals surface area contributed by atoms with Gasteiger partial charge in [-0.25, -0.2) is 9.98 Å². The van der Waals surface area contributed by atoms with Crippen molar-refractivity contribution in [1.29, 1.82) is 0 Å². The molecule has 0 aliphatic carbocycles. The fourth-order valence-electron chi connectivity index (χ4n) is 2.20. The zero-order chi connectivity index (χ0) is 18.1. The number of halogens is 1. The molecule has 8 heteroatoms. The Kier molecular flexibility index (Phi) is 10.3. The fourth-order valence-corrected chi connectivity index (χ4v) is 2.98. The standard InChI is InChI=1S/C18H26N4O2S.HI/c1-5-14-11-20-17(25-14)12-21-18(19-6-2)22-13-8-9-15(23-4)16(10-13)24-7-3;/h8-11H,5-7,12H2,1-4H3,(H2,19,21,22);1H. The topological polar surface area (TPSA) is 67.8 Å². The molecule has 0 aliphatic heterocycles. The van der Waals surface area contributed by atoms with E-state index in [1.807, 2.05) is 38.2 Å². The molecule has 26 heavy (non-hydrogen) atoms. The van der Waals surface area contributed by atoms with Crippen LogP contribution in [0.3, 0.4) is 0 Å². The molecule has 2 N–H and O–H groups in total. The number of thiazole rings is 1. The Morgan fingerprint density at radius 3 is 2.65 bits per heavy atom. The van der Waals surface area contributed by atoms with Gasteiger partial charge < -0.3 is 20.1 Å². The number of aromatic nitrogens is 1. The van der Waals surface area contributed by atoms with Crippen LogP contribution in [-0.2, 0) is 13.0 Å². The molecule has 0 fully saturated rings. The van der Waals surface area contributed by atoms with Gasteiger partial charge in [-0.3, -0.25) is 0 Å². The lowest BCUT2D eigenvalue weighted by Crippen LogP contribution is -2.30. The molecule has 0 atom stereocenters. The Balaban J connectivity index is 0.00000338. The molecule has 144 valence electrons. The predicted molar refractivity (Wildman–Crippen MR) is 120 cm³/mol. The number of aryl methyl sites for hydroxylation is 1. The first-order valence-electron chi connectivity index (χ1n) is 8.49. The van der Waals surface area contributed by atoms with Crippen molar-refractivity contribution in [3.8, 4) is 11.5 Å². The number of ether oxygens (including phenoxy) is 2. The van der Waals surface area contributed by atoms with Crippen LogP contribution in [0.4, 0.5) is 5.69 Å². The van der Waals surface area contributed by atoms with Gasteiger partial charge >= 0.3 is 0 Å². The smallest absolute Gasteiger partial charge is 0.196 e. The lowest BCUT2D eigenvalue weighted by atomic mass is 10.2. The van der Waals surface area contributed by atoms with E-state index in [4.69, 9.17) is 9.47 Å². The second kappa shape index (κ2) is 11.9. The van der Waals surface area contributed by atoms with Gasteiger partial charge in [-0.15, -0.1) is 35.3 Å². The normalized spacial score (nSPS) is 10.8. The van der Waals surface area contributed by atoms with Crippen LogP contribution in [0.2, 0.25) is 0 Å². The number of nitrogens with one attached hydrogen (secondary N) is 2. The Hall–Kier alpha value is -1.55. The minimum absolute atomic E-state index is 0. The highest BCUT2D eigenvalue weighted by molar-refractivity contribution is 14.0. The van der Waals surface area contributed by atoms with Gasteiger partial charge in [0.25, 0.3) is 0 Å². The van der Waals surface area contributed by atoms with Crippen molar-refractivity contribution in [2.75, 3.05) is 25.6 Å². The summed E-state index contributed by atoms with van der Waals surface area (Å²) in [5, 5.41) is 7.56. The van der Waals surface area contributed by atoms with E-state index < -0.39 is 0 Å². The summed E-state index contributed by atoms with van der Waals surface area (Å²) < 4.78 is 10.9. The van der Waals surface area contributed by atoms with Crippen LogP contribution < -0.4 is 20.1 Å². The molecular weight excluding hydrogens is 463 g/mol. The Bertz CT molecular complexity index is 706. The number of hydrogen-bond donors (Lipinski definition) is 2. The quantitative estimate of drug-likeness (QED) is 0.328. The van der Waals surface area contributed by atoms with Crippen LogP contribution in [0.1, 0.15) is 30.7 Å². The van der Waals surface area contributed by atoms with Crippen LogP contribution in [0.5, 0.6) is 11.5 Å². The van der Waals surface area contributed by atoms with Crippen molar-refractivity contribution in [2.24, 2.45) is 4.99 Å². The maximum absolute atomic E-state index is 5.62. The average molecular weight is 490 g/mol. The van der Waals surface area contributed by atoms with Crippen molar-refractivity contribution >= 4 is 47.0 Å². The van der Waals surface area contributed by atoms with Gasteiger partial charge in [0.05, 0.1) is 20.3 Å². The first kappa shape index (κ1) is 22.5. The van der Waals surface area contributed by atoms with Crippen molar-refractivity contribution < 1.29 is 9.47 Å². The third kappa shape index (κ3) is 6.64. The molecule has 2 rings (SSSR count). The van der Waals surface area contributed by atoms with E-state index in [0.29, 0.717) is 30.6 Å². The summed E-state index contributed by atoms with van der Waals surface area (Å²) in [7, 11) is 1.63.